The molecule has 1 amide bonds. The number of furan rings is 1. The summed E-state index contributed by atoms with van der Waals surface area (Å²) in [6.45, 7) is 1.85. The van der Waals surface area contributed by atoms with Gasteiger partial charge in [-0.3, -0.25) is 14.5 Å². The number of benzene rings is 2. The van der Waals surface area contributed by atoms with E-state index in [-0.39, 0.29) is 17.6 Å². The number of carbonyl (C=O) groups excluding carboxylic acids is 2. The minimum absolute atomic E-state index is 0.0210. The number of allylic oxidation sites excluding steroid dienone is 1. The Hall–Kier alpha value is -3.80. The van der Waals surface area contributed by atoms with Crippen LogP contribution in [0.3, 0.4) is 0 Å². The summed E-state index contributed by atoms with van der Waals surface area (Å²) in [5.41, 5.74) is 3.93. The van der Waals surface area contributed by atoms with Crippen LogP contribution < -0.4 is 15.0 Å². The molecule has 0 radical (unpaired) electrons. The molecule has 0 fully saturated rings. The lowest BCUT2D eigenvalue weighted by molar-refractivity contribution is -0.119. The van der Waals surface area contributed by atoms with E-state index in [2.05, 4.69) is 5.32 Å². The van der Waals surface area contributed by atoms with Crippen LogP contribution >= 0.6 is 0 Å². The Morgan fingerprint density at radius 1 is 1.09 bits per heavy atom. The van der Waals surface area contributed by atoms with Crippen molar-refractivity contribution in [2.24, 2.45) is 0 Å². The number of Topliss-reactive ketones (excluding diaryl/α,β-unsaturated/α-hetero) is 1. The number of hydrogen-bond donors (Lipinski definition) is 1. The first-order valence-corrected chi connectivity index (χ1v) is 11.2. The fourth-order valence-electron chi connectivity index (χ4n) is 4.86. The quantitative estimate of drug-likeness (QED) is 0.570. The molecule has 0 bridgehead atoms. The normalized spacial score (nSPS) is 19.9. The van der Waals surface area contributed by atoms with Gasteiger partial charge in [-0.1, -0.05) is 31.2 Å². The second-order valence-electron chi connectivity index (χ2n) is 8.37. The van der Waals surface area contributed by atoms with E-state index < -0.39 is 6.04 Å². The summed E-state index contributed by atoms with van der Waals surface area (Å²) in [5, 5.41) is 3.51. The molecule has 168 valence electrons. The zero-order chi connectivity index (χ0) is 22.9. The first kappa shape index (κ1) is 21.1. The lowest BCUT2D eigenvalue weighted by Gasteiger charge is -2.34. The van der Waals surface area contributed by atoms with Crippen molar-refractivity contribution in [2.45, 2.75) is 38.1 Å². The number of anilines is 2. The molecule has 0 spiro atoms. The molecule has 2 atom stereocenters. The monoisotopic (exact) mass is 442 g/mol. The Bertz CT molecular complexity index is 1210. The topological polar surface area (TPSA) is 71.8 Å². The number of ketones is 1. The predicted octanol–water partition coefficient (Wildman–Crippen LogP) is 5.60. The molecule has 1 aliphatic heterocycles. The van der Waals surface area contributed by atoms with E-state index in [4.69, 9.17) is 9.15 Å². The van der Waals surface area contributed by atoms with Gasteiger partial charge >= 0.3 is 0 Å². The van der Waals surface area contributed by atoms with Crippen LogP contribution in [0.2, 0.25) is 0 Å². The molecule has 6 heteroatoms. The highest BCUT2D eigenvalue weighted by Crippen LogP contribution is 2.47. The average Bonchev–Trinajstić information content (AvgIpc) is 3.34. The van der Waals surface area contributed by atoms with Crippen LogP contribution in [0, 0.1) is 0 Å². The lowest BCUT2D eigenvalue weighted by Crippen LogP contribution is -2.38. The second-order valence-corrected chi connectivity index (χ2v) is 8.37. The summed E-state index contributed by atoms with van der Waals surface area (Å²) in [7, 11) is 1.62. The fraction of sp³-hybridized carbons (Fsp3) is 0.259. The van der Waals surface area contributed by atoms with Crippen molar-refractivity contribution < 1.29 is 18.7 Å². The fourth-order valence-corrected chi connectivity index (χ4v) is 4.86. The number of rotatable bonds is 4. The minimum Gasteiger partial charge on any atom is -0.497 e. The molecule has 6 nitrogen and oxygen atoms in total. The zero-order valence-corrected chi connectivity index (χ0v) is 18.7. The highest BCUT2D eigenvalue weighted by atomic mass is 16.5. The maximum atomic E-state index is 13.7. The first-order valence-electron chi connectivity index (χ1n) is 11.2. The molecule has 2 aromatic carbocycles. The van der Waals surface area contributed by atoms with Gasteiger partial charge in [0.2, 0.25) is 5.91 Å². The van der Waals surface area contributed by atoms with Gasteiger partial charge in [0.1, 0.15) is 11.5 Å². The second kappa shape index (κ2) is 8.62. The molecular weight excluding hydrogens is 416 g/mol. The van der Waals surface area contributed by atoms with Crippen molar-refractivity contribution in [3.63, 3.8) is 0 Å². The molecule has 1 N–H and O–H groups in total. The molecule has 1 aliphatic carbocycles. The smallest absolute Gasteiger partial charge is 0.227 e. The third kappa shape index (κ3) is 3.71. The number of carbonyl (C=O) groups is 2. The number of ether oxygens (including phenoxy) is 1. The molecule has 2 unspecified atom stereocenters. The summed E-state index contributed by atoms with van der Waals surface area (Å²) in [6.07, 6.45) is 2.93. The van der Waals surface area contributed by atoms with Crippen LogP contribution in [0.5, 0.6) is 5.75 Å². The van der Waals surface area contributed by atoms with E-state index in [0.29, 0.717) is 24.8 Å². The van der Waals surface area contributed by atoms with E-state index in [1.807, 2.05) is 67.6 Å². The lowest BCUT2D eigenvalue weighted by atomic mass is 9.80. The Balaban J connectivity index is 1.71. The van der Waals surface area contributed by atoms with Crippen molar-refractivity contribution in [3.8, 4) is 5.75 Å². The van der Waals surface area contributed by atoms with Gasteiger partial charge in [-0.25, -0.2) is 0 Å². The van der Waals surface area contributed by atoms with Crippen LogP contribution in [0.25, 0.3) is 0 Å². The highest BCUT2D eigenvalue weighted by Gasteiger charge is 2.41. The summed E-state index contributed by atoms with van der Waals surface area (Å²) < 4.78 is 11.0. The van der Waals surface area contributed by atoms with Gasteiger partial charge in [-0.15, -0.1) is 0 Å². The van der Waals surface area contributed by atoms with Crippen molar-refractivity contribution in [2.75, 3.05) is 17.3 Å². The molecule has 5 rings (SSSR count). The standard InChI is InChI=1S/C27H26N2O4/c1-3-25(31)29-22-8-5-4-7-20(22)28-21-15-18(24-9-6-14-33-24)16-23(30)26(21)27(29)17-10-12-19(32-2)13-11-17/h4-14,18,27-28H,3,15-16H2,1-2H3. The Morgan fingerprint density at radius 2 is 1.88 bits per heavy atom. The maximum Gasteiger partial charge on any atom is 0.227 e. The molecule has 0 saturated carbocycles. The van der Waals surface area contributed by atoms with E-state index >= 15 is 0 Å². The van der Waals surface area contributed by atoms with Gasteiger partial charge in [0, 0.05) is 30.0 Å². The van der Waals surface area contributed by atoms with Gasteiger partial charge in [-0.05, 0) is 48.4 Å². The Kier molecular flexibility index (Phi) is 5.50. The van der Waals surface area contributed by atoms with Crippen LogP contribution in [-0.4, -0.2) is 18.8 Å². The Morgan fingerprint density at radius 3 is 2.58 bits per heavy atom. The van der Waals surface area contributed by atoms with Gasteiger partial charge < -0.3 is 14.5 Å². The highest BCUT2D eigenvalue weighted by molar-refractivity contribution is 6.06. The van der Waals surface area contributed by atoms with E-state index in [9.17, 15) is 9.59 Å². The van der Waals surface area contributed by atoms with E-state index in [0.717, 1.165) is 34.1 Å². The predicted molar refractivity (Wildman–Crippen MR) is 126 cm³/mol. The SMILES string of the molecule is CCC(=O)N1c2ccccc2NC2=C(C(=O)CC(c3ccco3)C2)C1c1ccc(OC)cc1. The largest absolute Gasteiger partial charge is 0.497 e. The minimum atomic E-state index is -0.528. The number of fused-ring (bicyclic) bond motifs is 1. The van der Waals surface area contributed by atoms with Crippen LogP contribution in [0.15, 0.2) is 82.6 Å². The molecule has 33 heavy (non-hydrogen) atoms. The molecule has 1 aromatic heterocycles. The molecule has 2 heterocycles. The summed E-state index contributed by atoms with van der Waals surface area (Å²) in [6, 6.07) is 18.6. The van der Waals surface area contributed by atoms with E-state index in [1.165, 1.54) is 0 Å². The number of para-hydroxylation sites is 2. The van der Waals surface area contributed by atoms with Crippen molar-refractivity contribution in [1.82, 2.24) is 0 Å². The first-order chi connectivity index (χ1) is 16.1. The van der Waals surface area contributed by atoms with Gasteiger partial charge in [0.25, 0.3) is 0 Å². The zero-order valence-electron chi connectivity index (χ0n) is 18.7. The number of hydrogen-bond acceptors (Lipinski definition) is 5. The maximum absolute atomic E-state index is 13.7. The van der Waals surface area contributed by atoms with Gasteiger partial charge in [0.05, 0.1) is 30.8 Å². The number of nitrogens with zero attached hydrogens (tertiary/aromatic N) is 1. The molecule has 3 aromatic rings. The third-order valence-electron chi connectivity index (χ3n) is 6.44. The van der Waals surface area contributed by atoms with Crippen molar-refractivity contribution >= 4 is 23.1 Å². The molecule has 0 saturated heterocycles. The van der Waals surface area contributed by atoms with Gasteiger partial charge in [-0.2, -0.15) is 0 Å². The van der Waals surface area contributed by atoms with Crippen LogP contribution in [0.1, 0.15) is 49.5 Å². The number of methoxy groups -OCH3 is 1. The van der Waals surface area contributed by atoms with E-state index in [1.54, 1.807) is 18.3 Å². The summed E-state index contributed by atoms with van der Waals surface area (Å²) in [5.74, 6) is 1.46. The summed E-state index contributed by atoms with van der Waals surface area (Å²) in [4.78, 5) is 28.8. The molecular formula is C27H26N2O4. The summed E-state index contributed by atoms with van der Waals surface area (Å²) >= 11 is 0. The number of nitrogens with one attached hydrogen (secondary N) is 1. The third-order valence-corrected chi connectivity index (χ3v) is 6.44. The van der Waals surface area contributed by atoms with Crippen molar-refractivity contribution in [3.05, 3.63) is 89.5 Å². The van der Waals surface area contributed by atoms with Crippen molar-refractivity contribution in [1.29, 1.82) is 0 Å². The van der Waals surface area contributed by atoms with Gasteiger partial charge in [0.15, 0.2) is 5.78 Å². The molecule has 2 aliphatic rings. The van der Waals surface area contributed by atoms with Crippen LogP contribution in [-0.2, 0) is 9.59 Å². The average molecular weight is 443 g/mol. The number of amides is 1. The van der Waals surface area contributed by atoms with Crippen LogP contribution in [0.4, 0.5) is 11.4 Å². The Labute approximate surface area is 192 Å².